The Kier molecular flexibility index (Phi) is 8.36. The zero-order valence-corrected chi connectivity index (χ0v) is 11.4. The van der Waals surface area contributed by atoms with E-state index >= 15 is 0 Å². The van der Waals surface area contributed by atoms with Gasteiger partial charge in [0, 0.05) is 32.2 Å². The van der Waals surface area contributed by atoms with Gasteiger partial charge in [-0.25, -0.2) is 4.79 Å². The Balaban J connectivity index is 0.00000289. The van der Waals surface area contributed by atoms with Gasteiger partial charge in [-0.15, -0.1) is 19.0 Å². The first-order chi connectivity index (χ1) is 8.13. The lowest BCUT2D eigenvalue weighted by atomic mass is 10.2. The fraction of sp³-hybridized carbons (Fsp3) is 0.636. The maximum atomic E-state index is 11.6. The van der Waals surface area contributed by atoms with Gasteiger partial charge >= 0.3 is 6.03 Å². The lowest BCUT2D eigenvalue weighted by Gasteiger charge is -2.33. The van der Waals surface area contributed by atoms with Crippen LogP contribution in [0.3, 0.4) is 0 Å². The van der Waals surface area contributed by atoms with E-state index in [9.17, 15) is 9.59 Å². The van der Waals surface area contributed by atoms with Gasteiger partial charge in [0.15, 0.2) is 0 Å². The van der Waals surface area contributed by atoms with Crippen LogP contribution in [0.2, 0.25) is 0 Å². The van der Waals surface area contributed by atoms with Crippen molar-refractivity contribution >= 4 is 24.3 Å². The highest BCUT2D eigenvalue weighted by Gasteiger charge is 2.20. The average molecular weight is 277 g/mol. The number of halogens is 1. The maximum Gasteiger partial charge on any atom is 0.321 e. The van der Waals surface area contributed by atoms with Gasteiger partial charge in [0.05, 0.1) is 6.54 Å². The van der Waals surface area contributed by atoms with Crippen molar-refractivity contribution in [1.82, 2.24) is 20.9 Å². The van der Waals surface area contributed by atoms with Crippen molar-refractivity contribution in [3.05, 3.63) is 12.7 Å². The molecule has 1 atom stereocenters. The summed E-state index contributed by atoms with van der Waals surface area (Å²) in [6.45, 7) is 8.70. The second-order valence-electron chi connectivity index (χ2n) is 4.07. The summed E-state index contributed by atoms with van der Waals surface area (Å²) in [6, 6.07) is -0.163. The summed E-state index contributed by atoms with van der Waals surface area (Å²) >= 11 is 0. The topological polar surface area (TPSA) is 73.5 Å². The van der Waals surface area contributed by atoms with Gasteiger partial charge < -0.3 is 10.6 Å². The number of nitrogens with zero attached hydrogens (tertiary/aromatic N) is 1. The molecule has 1 fully saturated rings. The quantitative estimate of drug-likeness (QED) is 0.617. The van der Waals surface area contributed by atoms with Gasteiger partial charge in [0.2, 0.25) is 5.91 Å². The molecule has 1 aliphatic rings. The number of amides is 3. The second-order valence-corrected chi connectivity index (χ2v) is 4.07. The number of nitrogens with one attached hydrogen (secondary N) is 3. The van der Waals surface area contributed by atoms with Crippen LogP contribution in [-0.2, 0) is 4.79 Å². The third-order valence-corrected chi connectivity index (χ3v) is 2.65. The van der Waals surface area contributed by atoms with Crippen LogP contribution in [0, 0.1) is 0 Å². The molecule has 7 heteroatoms. The molecular formula is C11H21ClN4O2. The molecule has 6 nitrogen and oxygen atoms in total. The van der Waals surface area contributed by atoms with E-state index in [0.29, 0.717) is 12.6 Å². The van der Waals surface area contributed by atoms with Crippen molar-refractivity contribution in [3.63, 3.8) is 0 Å². The number of hydrogen-bond donors (Lipinski definition) is 3. The van der Waals surface area contributed by atoms with Gasteiger partial charge in [0.1, 0.15) is 0 Å². The molecule has 0 radical (unpaired) electrons. The fourth-order valence-electron chi connectivity index (χ4n) is 1.68. The minimum absolute atomic E-state index is 0. The molecule has 3 amide bonds. The zero-order valence-electron chi connectivity index (χ0n) is 10.6. The molecule has 3 N–H and O–H groups in total. The van der Waals surface area contributed by atoms with E-state index in [0.717, 1.165) is 19.6 Å². The smallest absolute Gasteiger partial charge is 0.321 e. The SMILES string of the molecule is C=CCNC(=O)NC(=O)CN1CCNC[C@H]1C.Cl. The van der Waals surface area contributed by atoms with Gasteiger partial charge in [-0.2, -0.15) is 0 Å². The van der Waals surface area contributed by atoms with E-state index < -0.39 is 6.03 Å². The Morgan fingerprint density at radius 1 is 1.56 bits per heavy atom. The standard InChI is InChI=1S/C11H20N4O2.ClH/c1-3-4-13-11(17)14-10(16)8-15-6-5-12-7-9(15)2;/h3,9,12H,1,4-8H2,2H3,(H2,13,14,16,17);1H/t9-;/m1./s1. The third kappa shape index (κ3) is 6.00. The Labute approximate surface area is 114 Å². The van der Waals surface area contributed by atoms with Crippen LogP contribution in [-0.4, -0.2) is 55.6 Å². The zero-order chi connectivity index (χ0) is 12.7. The molecule has 18 heavy (non-hydrogen) atoms. The third-order valence-electron chi connectivity index (χ3n) is 2.65. The first-order valence-corrected chi connectivity index (χ1v) is 5.77. The van der Waals surface area contributed by atoms with Crippen LogP contribution in [0.5, 0.6) is 0 Å². The monoisotopic (exact) mass is 276 g/mol. The summed E-state index contributed by atoms with van der Waals surface area (Å²) in [5.41, 5.74) is 0. The average Bonchev–Trinajstić information content (AvgIpc) is 2.29. The summed E-state index contributed by atoms with van der Waals surface area (Å²) in [5, 5.41) is 8.02. The highest BCUT2D eigenvalue weighted by atomic mass is 35.5. The van der Waals surface area contributed by atoms with E-state index in [4.69, 9.17) is 0 Å². The van der Waals surface area contributed by atoms with Gasteiger partial charge in [-0.1, -0.05) is 6.08 Å². The molecule has 0 bridgehead atoms. The first-order valence-electron chi connectivity index (χ1n) is 5.77. The minimum atomic E-state index is -0.474. The molecule has 1 heterocycles. The second kappa shape index (κ2) is 8.91. The molecule has 0 aromatic heterocycles. The normalized spacial score (nSPS) is 19.5. The molecule has 1 aliphatic heterocycles. The summed E-state index contributed by atoms with van der Waals surface area (Å²) in [7, 11) is 0. The van der Waals surface area contributed by atoms with E-state index in [2.05, 4.69) is 29.5 Å². The number of carbonyl (C=O) groups is 2. The van der Waals surface area contributed by atoms with Crippen LogP contribution in [0.15, 0.2) is 12.7 Å². The largest absolute Gasteiger partial charge is 0.334 e. The molecule has 0 aliphatic carbocycles. The molecule has 1 saturated heterocycles. The van der Waals surface area contributed by atoms with Crippen molar-refractivity contribution in [1.29, 1.82) is 0 Å². The van der Waals surface area contributed by atoms with Crippen LogP contribution in [0.4, 0.5) is 4.79 Å². The predicted molar refractivity (Wildman–Crippen MR) is 72.9 cm³/mol. The van der Waals surface area contributed by atoms with Crippen molar-refractivity contribution in [2.75, 3.05) is 32.7 Å². The number of rotatable bonds is 4. The Morgan fingerprint density at radius 2 is 2.28 bits per heavy atom. The van der Waals surface area contributed by atoms with Crippen LogP contribution in [0.1, 0.15) is 6.92 Å². The number of urea groups is 1. The summed E-state index contributed by atoms with van der Waals surface area (Å²) in [4.78, 5) is 24.8. The van der Waals surface area contributed by atoms with Gasteiger partial charge in [-0.3, -0.25) is 15.0 Å². The lowest BCUT2D eigenvalue weighted by Crippen LogP contribution is -2.53. The van der Waals surface area contributed by atoms with E-state index in [-0.39, 0.29) is 24.9 Å². The first kappa shape index (κ1) is 16.9. The van der Waals surface area contributed by atoms with E-state index in [1.165, 1.54) is 0 Å². The number of piperazine rings is 1. The van der Waals surface area contributed by atoms with Crippen LogP contribution < -0.4 is 16.0 Å². The van der Waals surface area contributed by atoms with Crippen LogP contribution in [0.25, 0.3) is 0 Å². The highest BCUT2D eigenvalue weighted by Crippen LogP contribution is 2.00. The molecule has 0 saturated carbocycles. The number of hydrogen-bond acceptors (Lipinski definition) is 4. The number of imide groups is 1. The van der Waals surface area contributed by atoms with E-state index in [1.807, 2.05) is 4.90 Å². The van der Waals surface area contributed by atoms with Crippen molar-refractivity contribution in [2.45, 2.75) is 13.0 Å². The molecule has 0 aromatic carbocycles. The molecular weight excluding hydrogens is 256 g/mol. The molecule has 104 valence electrons. The van der Waals surface area contributed by atoms with E-state index in [1.54, 1.807) is 6.08 Å². The number of carbonyl (C=O) groups excluding carboxylic acids is 2. The fourth-order valence-corrected chi connectivity index (χ4v) is 1.68. The van der Waals surface area contributed by atoms with Crippen LogP contribution >= 0.6 is 12.4 Å². The Bertz CT molecular complexity index is 299. The molecule has 0 aromatic rings. The lowest BCUT2D eigenvalue weighted by molar-refractivity contribution is -0.121. The summed E-state index contributed by atoms with van der Waals surface area (Å²) in [6.07, 6.45) is 1.56. The van der Waals surface area contributed by atoms with Gasteiger partial charge in [0.25, 0.3) is 0 Å². The molecule has 1 rings (SSSR count). The van der Waals surface area contributed by atoms with Crippen molar-refractivity contribution < 1.29 is 9.59 Å². The minimum Gasteiger partial charge on any atom is -0.334 e. The van der Waals surface area contributed by atoms with Crippen molar-refractivity contribution in [3.8, 4) is 0 Å². The summed E-state index contributed by atoms with van der Waals surface area (Å²) < 4.78 is 0. The molecule has 0 unspecified atom stereocenters. The Hall–Kier alpha value is -1.11. The Morgan fingerprint density at radius 3 is 2.89 bits per heavy atom. The van der Waals surface area contributed by atoms with Gasteiger partial charge in [-0.05, 0) is 6.92 Å². The maximum absolute atomic E-state index is 11.6. The summed E-state index contributed by atoms with van der Waals surface area (Å²) in [5.74, 6) is -0.277. The molecule has 0 spiro atoms. The predicted octanol–water partition coefficient (Wildman–Crippen LogP) is -0.286. The highest BCUT2D eigenvalue weighted by molar-refractivity contribution is 5.95. The van der Waals surface area contributed by atoms with Crippen molar-refractivity contribution in [2.24, 2.45) is 0 Å².